The van der Waals surface area contributed by atoms with Crippen molar-refractivity contribution < 1.29 is 24.7 Å². The van der Waals surface area contributed by atoms with Crippen molar-refractivity contribution in [2.24, 2.45) is 5.73 Å². The number of rotatable bonds is 13. The first-order chi connectivity index (χ1) is 17.0. The summed E-state index contributed by atoms with van der Waals surface area (Å²) in [5.74, 6) is 0.202. The number of hydrogen-bond acceptors (Lipinski definition) is 8. The minimum Gasteiger partial charge on any atom is -0.476 e. The molecular formula is C23H32N7O4S+. The summed E-state index contributed by atoms with van der Waals surface area (Å²) in [5.41, 5.74) is 6.56. The summed E-state index contributed by atoms with van der Waals surface area (Å²) in [6.45, 7) is 2.71. The van der Waals surface area contributed by atoms with Crippen molar-refractivity contribution in [3.05, 3.63) is 47.7 Å². The van der Waals surface area contributed by atoms with Gasteiger partial charge in [-0.1, -0.05) is 6.07 Å². The Balaban J connectivity index is 1.68. The number of nitrogens with two attached hydrogens (primary N) is 2. The van der Waals surface area contributed by atoms with Crippen molar-refractivity contribution in [2.75, 3.05) is 43.1 Å². The molecule has 11 nitrogen and oxygen atoms in total. The molecule has 0 saturated carbocycles. The van der Waals surface area contributed by atoms with E-state index in [1.165, 1.54) is 6.21 Å². The molecule has 35 heavy (non-hydrogen) atoms. The second-order valence-electron chi connectivity index (χ2n) is 7.93. The fourth-order valence-corrected chi connectivity index (χ4v) is 4.33. The molecule has 1 amide bonds. The van der Waals surface area contributed by atoms with Gasteiger partial charge in [0.15, 0.2) is 5.69 Å². The number of hydrogen-bond donors (Lipinski definition) is 5. The van der Waals surface area contributed by atoms with Gasteiger partial charge in [0.2, 0.25) is 0 Å². The molecule has 3 rings (SSSR count). The minimum atomic E-state index is -1.22. The van der Waals surface area contributed by atoms with Crippen molar-refractivity contribution in [1.82, 2.24) is 14.8 Å². The number of allylic oxidation sites excluding steroid dienone is 1. The Labute approximate surface area is 208 Å². The standard InChI is InChI=1S/C23H31N7O4S/c24-7-12-35-11-2-8-26-14-16(13-25)18-3-1-4-19(27-18)22(31)28-20-15-30(29-21(20)23(32)33)17-5-9-34-10-6-17/h1,3-4,13-15,17,25-26H,2,5-12,24H2,(H,28,31)(H,32,33)/p+1. The smallest absolute Gasteiger partial charge is 0.358 e. The van der Waals surface area contributed by atoms with E-state index < -0.39 is 11.9 Å². The van der Waals surface area contributed by atoms with E-state index in [4.69, 9.17) is 15.9 Å². The number of nitrogens with zero attached hydrogens (tertiary/aromatic N) is 3. The maximum atomic E-state index is 12.9. The van der Waals surface area contributed by atoms with Crippen molar-refractivity contribution in [1.29, 1.82) is 5.41 Å². The number of thioether (sulfide) groups is 1. The summed E-state index contributed by atoms with van der Waals surface area (Å²) in [6, 6.07) is 4.97. The molecule has 12 heteroatoms. The van der Waals surface area contributed by atoms with Gasteiger partial charge in [0.1, 0.15) is 11.9 Å². The van der Waals surface area contributed by atoms with Crippen LogP contribution in [0.3, 0.4) is 0 Å². The van der Waals surface area contributed by atoms with E-state index >= 15 is 0 Å². The maximum Gasteiger partial charge on any atom is 0.358 e. The first-order valence-electron chi connectivity index (χ1n) is 11.5. The molecule has 2 aromatic heterocycles. The number of carboxylic acids is 1. The fraction of sp³-hybridized carbons (Fsp3) is 0.435. The van der Waals surface area contributed by atoms with Gasteiger partial charge in [-0.2, -0.15) is 16.9 Å². The molecule has 2 aromatic rings. The third-order valence-electron chi connectivity index (χ3n) is 5.40. The highest BCUT2D eigenvalue weighted by molar-refractivity contribution is 7.99. The number of anilines is 1. The molecule has 0 bridgehead atoms. The van der Waals surface area contributed by atoms with E-state index in [9.17, 15) is 14.7 Å². The van der Waals surface area contributed by atoms with Crippen LogP contribution in [0.4, 0.5) is 5.69 Å². The number of aromatic nitrogens is 3. The quantitative estimate of drug-likeness (QED) is 0.201. The second-order valence-corrected chi connectivity index (χ2v) is 9.15. The van der Waals surface area contributed by atoms with Crippen molar-refractivity contribution in [3.8, 4) is 0 Å². The zero-order valence-electron chi connectivity index (χ0n) is 19.5. The van der Waals surface area contributed by atoms with E-state index in [2.05, 4.69) is 15.4 Å². The number of pyridine rings is 1. The van der Waals surface area contributed by atoms with Crippen LogP contribution in [0, 0.1) is 5.41 Å². The Morgan fingerprint density at radius 2 is 2.09 bits per heavy atom. The Bertz CT molecular complexity index is 1050. The number of carbonyl (C=O) groups excluding carboxylic acids is 1. The van der Waals surface area contributed by atoms with Gasteiger partial charge in [0.25, 0.3) is 5.91 Å². The van der Waals surface area contributed by atoms with E-state index in [1.807, 2.05) is 23.3 Å². The summed E-state index contributed by atoms with van der Waals surface area (Å²) in [6.07, 6.45) is 7.02. The van der Waals surface area contributed by atoms with Crippen LogP contribution in [0.2, 0.25) is 0 Å². The first-order valence-corrected chi connectivity index (χ1v) is 12.7. The average molecular weight is 503 g/mol. The molecule has 188 valence electrons. The molecule has 0 unspecified atom stereocenters. The lowest BCUT2D eigenvalue weighted by molar-refractivity contribution is -0.586. The van der Waals surface area contributed by atoms with Gasteiger partial charge < -0.3 is 31.6 Å². The monoisotopic (exact) mass is 502 g/mol. The number of aromatic carboxylic acids is 1. The van der Waals surface area contributed by atoms with Crippen LogP contribution in [0.25, 0.3) is 5.57 Å². The Kier molecular flexibility index (Phi) is 10.4. The molecule has 3 heterocycles. The van der Waals surface area contributed by atoms with Gasteiger partial charge in [-0.15, -0.1) is 0 Å². The van der Waals surface area contributed by atoms with Crippen molar-refractivity contribution in [2.45, 2.75) is 25.3 Å². The molecule has 0 spiro atoms. The molecule has 0 aliphatic carbocycles. The Morgan fingerprint density at radius 1 is 1.31 bits per heavy atom. The highest BCUT2D eigenvalue weighted by Gasteiger charge is 2.23. The normalized spacial score (nSPS) is 14.6. The largest absolute Gasteiger partial charge is 0.476 e. The van der Waals surface area contributed by atoms with Crippen molar-refractivity contribution in [3.63, 3.8) is 0 Å². The van der Waals surface area contributed by atoms with Gasteiger partial charge >= 0.3 is 5.97 Å². The van der Waals surface area contributed by atoms with E-state index in [-0.39, 0.29) is 23.1 Å². The summed E-state index contributed by atoms with van der Waals surface area (Å²) in [7, 11) is 0. The molecule has 1 fully saturated rings. The fourth-order valence-electron chi connectivity index (χ4n) is 3.59. The number of carboxylic acid groups (broad SMARTS) is 1. The van der Waals surface area contributed by atoms with Crippen LogP contribution in [-0.2, 0) is 4.74 Å². The van der Waals surface area contributed by atoms with E-state index in [0.717, 1.165) is 37.3 Å². The Hall–Kier alpha value is -3.06. The number of amides is 1. The number of nitrogens with one attached hydrogen (secondary N) is 2. The highest BCUT2D eigenvalue weighted by atomic mass is 32.2. The average Bonchev–Trinajstić information content (AvgIpc) is 3.30. The van der Waals surface area contributed by atoms with Gasteiger partial charge in [0.05, 0.1) is 29.5 Å². The highest BCUT2D eigenvalue weighted by Crippen LogP contribution is 2.24. The van der Waals surface area contributed by atoms with E-state index in [1.54, 1.807) is 29.1 Å². The van der Waals surface area contributed by atoms with Crippen LogP contribution in [-0.4, -0.2) is 75.8 Å². The van der Waals surface area contributed by atoms with Crippen LogP contribution < -0.4 is 16.4 Å². The third-order valence-corrected chi connectivity index (χ3v) is 6.50. The molecule has 0 aromatic carbocycles. The molecule has 1 saturated heterocycles. The predicted molar refractivity (Wildman–Crippen MR) is 135 cm³/mol. The molecule has 7 N–H and O–H groups in total. The molecule has 1 aliphatic heterocycles. The summed E-state index contributed by atoms with van der Waals surface area (Å²) in [5, 5.41) is 26.1. The molecular weight excluding hydrogens is 470 g/mol. The zero-order valence-corrected chi connectivity index (χ0v) is 20.3. The Morgan fingerprint density at radius 3 is 2.80 bits per heavy atom. The van der Waals surface area contributed by atoms with Crippen LogP contribution in [0.15, 0.2) is 30.6 Å². The van der Waals surface area contributed by atoms with Crippen molar-refractivity contribution >= 4 is 41.1 Å². The summed E-state index contributed by atoms with van der Waals surface area (Å²) in [4.78, 5) is 29.0. The van der Waals surface area contributed by atoms with Gasteiger partial charge in [-0.3, -0.25) is 9.48 Å². The van der Waals surface area contributed by atoms with Gasteiger partial charge in [-0.05, 0) is 30.7 Å². The second kappa shape index (κ2) is 13.7. The minimum absolute atomic E-state index is 0.0183. The lowest BCUT2D eigenvalue weighted by atomic mass is 10.1. The molecule has 1 aliphatic rings. The third kappa shape index (κ3) is 7.72. The maximum absolute atomic E-state index is 12.9. The number of carbonyl (C=O) groups is 2. The summed E-state index contributed by atoms with van der Waals surface area (Å²) >= 11 is 1.82. The van der Waals surface area contributed by atoms with Crippen LogP contribution in [0.5, 0.6) is 0 Å². The SMILES string of the molecule is N=CC(=C[NH2+]CCCSCCN)c1cccc(C(=O)Nc2cn(C3CCOCC3)nc2C(=O)O)n1. The molecule has 0 radical (unpaired) electrons. The number of ether oxygens (including phenoxy) is 1. The molecule has 0 atom stereocenters. The number of quaternary nitrogens is 1. The lowest BCUT2D eigenvalue weighted by Crippen LogP contribution is -2.78. The van der Waals surface area contributed by atoms with Crippen LogP contribution in [0.1, 0.15) is 52.0 Å². The topological polar surface area (TPSA) is 173 Å². The zero-order chi connectivity index (χ0) is 25.0. The van der Waals surface area contributed by atoms with Gasteiger partial charge in [-0.25, -0.2) is 9.78 Å². The van der Waals surface area contributed by atoms with Crippen LogP contribution >= 0.6 is 11.8 Å². The summed E-state index contributed by atoms with van der Waals surface area (Å²) < 4.78 is 6.94. The first kappa shape index (κ1) is 26.5. The van der Waals surface area contributed by atoms with E-state index in [0.29, 0.717) is 31.0 Å². The lowest BCUT2D eigenvalue weighted by Gasteiger charge is -2.22. The predicted octanol–water partition coefficient (Wildman–Crippen LogP) is 1.22. The van der Waals surface area contributed by atoms with Gasteiger partial charge in [0, 0.05) is 44.3 Å².